The maximum Gasteiger partial charge on any atom is 0 e. The Labute approximate surface area is 95.7 Å². The fraction of sp³-hybridized carbons (Fsp3) is 0. The second kappa shape index (κ2) is 46.7. The summed E-state index contributed by atoms with van der Waals surface area (Å²) in [5.41, 5.74) is 0. The third-order valence-electron chi connectivity index (χ3n) is 0. The van der Waals surface area contributed by atoms with Gasteiger partial charge >= 0.3 is 0 Å². The van der Waals surface area contributed by atoms with Crippen molar-refractivity contribution in [1.82, 2.24) is 0 Å². The molecule has 0 N–H and O–H groups in total. The van der Waals surface area contributed by atoms with Crippen LogP contribution in [0, 0.1) is 0 Å². The molecule has 0 aromatic heterocycles. The fourth-order valence-electron chi connectivity index (χ4n) is 0. The van der Waals surface area contributed by atoms with E-state index in [0.717, 1.165) is 0 Å². The van der Waals surface area contributed by atoms with Crippen LogP contribution >= 0.6 is 67.5 Å². The summed E-state index contributed by atoms with van der Waals surface area (Å²) in [6.07, 6.45) is 0. The van der Waals surface area contributed by atoms with Crippen LogP contribution in [-0.4, -0.2) is 29.6 Å². The molecule has 1 radical (unpaired) electrons. The van der Waals surface area contributed by atoms with Crippen molar-refractivity contribution in [1.29, 1.82) is 0 Å². The van der Waals surface area contributed by atoms with Gasteiger partial charge in [-0.1, -0.05) is 0 Å². The Balaban J connectivity index is 0. The smallest absolute Gasteiger partial charge is 0 e. The molecule has 0 aromatic rings. The maximum atomic E-state index is 0. The van der Waals surface area contributed by atoms with Gasteiger partial charge in [0, 0.05) is 29.6 Å². The molecule has 0 unspecified atom stereocenters. The molecule has 0 atom stereocenters. The Morgan fingerprint density at radius 1 is 0.333 bits per heavy atom. The molecule has 0 saturated heterocycles. The van der Waals surface area contributed by atoms with Crippen molar-refractivity contribution in [3.8, 4) is 0 Å². The molecular weight excluding hydrogens is 183 g/mol. The van der Waals surface area contributed by atoms with Crippen LogP contribution in [0.2, 0.25) is 0 Å². The molecule has 0 bridgehead atoms. The number of rotatable bonds is 0. The van der Waals surface area contributed by atoms with Crippen molar-refractivity contribution in [2.45, 2.75) is 0 Å². The summed E-state index contributed by atoms with van der Waals surface area (Å²) in [4.78, 5) is 0. The molecule has 6 heavy (non-hydrogen) atoms. The van der Waals surface area contributed by atoms with E-state index in [1.165, 1.54) is 0 Å². The van der Waals surface area contributed by atoms with Crippen molar-refractivity contribution in [2.24, 2.45) is 0 Å². The van der Waals surface area contributed by atoms with E-state index in [-0.39, 0.29) is 97.0 Å². The van der Waals surface area contributed by atoms with Crippen molar-refractivity contribution < 1.29 is 0 Å². The Bertz CT molecular complexity index is 3.90. The molecule has 0 amide bonds. The van der Waals surface area contributed by atoms with Gasteiger partial charge in [-0.3, -0.25) is 0 Å². The third kappa shape index (κ3) is 29.5. The van der Waals surface area contributed by atoms with Crippen LogP contribution in [0.1, 0.15) is 0 Å². The Kier molecular flexibility index (Phi) is 541. The maximum absolute atomic E-state index is 0. The molecule has 0 fully saturated rings. The van der Waals surface area contributed by atoms with Crippen LogP contribution in [0.4, 0.5) is 0 Å². The van der Waals surface area contributed by atoms with Crippen molar-refractivity contribution in [3.05, 3.63) is 0 Å². The first-order valence-electron chi connectivity index (χ1n) is 0. The summed E-state index contributed by atoms with van der Waals surface area (Å²) in [5.74, 6) is 0. The summed E-state index contributed by atoms with van der Waals surface area (Å²) >= 11 is 0. The first kappa shape index (κ1) is 69.5. The van der Waals surface area contributed by atoms with Crippen LogP contribution in [0.25, 0.3) is 0 Å². The SMILES string of the molecule is S.S.S.S.S.[Na]. The van der Waals surface area contributed by atoms with Gasteiger partial charge in [0.15, 0.2) is 0 Å². The van der Waals surface area contributed by atoms with Crippen molar-refractivity contribution >= 4 is 97.0 Å². The molecular formula is H10NaS5. The molecule has 0 saturated carbocycles. The minimum Gasteiger partial charge on any atom is -0.197 e. The van der Waals surface area contributed by atoms with Crippen LogP contribution in [0.3, 0.4) is 0 Å². The largest absolute Gasteiger partial charge is 0.197 e. The van der Waals surface area contributed by atoms with E-state index in [1.54, 1.807) is 0 Å². The third-order valence-corrected chi connectivity index (χ3v) is 0. The van der Waals surface area contributed by atoms with E-state index in [9.17, 15) is 0 Å². The monoisotopic (exact) mass is 193 g/mol. The molecule has 0 rings (SSSR count). The topological polar surface area (TPSA) is 0 Å². The van der Waals surface area contributed by atoms with Gasteiger partial charge in [-0.25, -0.2) is 0 Å². The van der Waals surface area contributed by atoms with Crippen LogP contribution in [0.15, 0.2) is 0 Å². The first-order chi connectivity index (χ1) is 0. The molecule has 0 nitrogen and oxygen atoms in total. The number of hydrogen-bond acceptors (Lipinski definition) is 0. The summed E-state index contributed by atoms with van der Waals surface area (Å²) in [5, 5.41) is 0. The molecule has 0 aromatic carbocycles. The van der Waals surface area contributed by atoms with Gasteiger partial charge in [-0.2, -0.15) is 67.5 Å². The molecule has 0 aliphatic rings. The van der Waals surface area contributed by atoms with Gasteiger partial charge in [0.2, 0.25) is 0 Å². The zero-order valence-electron chi connectivity index (χ0n) is 3.50. The van der Waals surface area contributed by atoms with Crippen LogP contribution in [0.5, 0.6) is 0 Å². The van der Waals surface area contributed by atoms with Crippen LogP contribution < -0.4 is 0 Å². The first-order valence-corrected chi connectivity index (χ1v) is 0. The van der Waals surface area contributed by atoms with E-state index in [2.05, 4.69) is 0 Å². The molecule has 0 aliphatic heterocycles. The van der Waals surface area contributed by atoms with Gasteiger partial charge in [-0.15, -0.1) is 0 Å². The average molecular weight is 193 g/mol. The second-order valence-electron chi connectivity index (χ2n) is 0. The zero-order chi connectivity index (χ0) is 0. The molecule has 0 spiro atoms. The normalized spacial score (nSPS) is 0. The van der Waals surface area contributed by atoms with Gasteiger partial charge in [-0.05, 0) is 0 Å². The van der Waals surface area contributed by atoms with Gasteiger partial charge in [0.25, 0.3) is 0 Å². The molecule has 0 heterocycles. The van der Waals surface area contributed by atoms with E-state index in [0.29, 0.717) is 0 Å². The standard InChI is InChI=1S/Na.5H2S/h;5*1H2. The zero-order valence-corrected chi connectivity index (χ0v) is 10.5. The Morgan fingerprint density at radius 3 is 0.333 bits per heavy atom. The average Bonchev–Trinajstić information content (AvgIpc) is 0. The summed E-state index contributed by atoms with van der Waals surface area (Å²) in [6, 6.07) is 0. The van der Waals surface area contributed by atoms with Crippen molar-refractivity contribution in [2.75, 3.05) is 0 Å². The van der Waals surface area contributed by atoms with E-state index in [1.807, 2.05) is 0 Å². The Hall–Kier alpha value is 2.75. The summed E-state index contributed by atoms with van der Waals surface area (Å²) in [6.45, 7) is 0. The van der Waals surface area contributed by atoms with Crippen LogP contribution in [-0.2, 0) is 0 Å². The van der Waals surface area contributed by atoms with E-state index in [4.69, 9.17) is 0 Å². The quantitative estimate of drug-likeness (QED) is 0.482. The van der Waals surface area contributed by atoms with E-state index < -0.39 is 0 Å². The molecule has 41 valence electrons. The Morgan fingerprint density at radius 2 is 0.333 bits per heavy atom. The predicted octanol–water partition coefficient (Wildman–Crippen LogP) is 0.183. The fourth-order valence-corrected chi connectivity index (χ4v) is 0. The predicted molar refractivity (Wildman–Crippen MR) is 57.7 cm³/mol. The van der Waals surface area contributed by atoms with Gasteiger partial charge in [0.05, 0.1) is 0 Å². The minimum absolute atomic E-state index is 0. The van der Waals surface area contributed by atoms with Gasteiger partial charge in [0.1, 0.15) is 0 Å². The van der Waals surface area contributed by atoms with Crippen molar-refractivity contribution in [3.63, 3.8) is 0 Å². The summed E-state index contributed by atoms with van der Waals surface area (Å²) in [7, 11) is 0. The molecule has 0 aliphatic carbocycles. The van der Waals surface area contributed by atoms with E-state index >= 15 is 0 Å². The minimum atomic E-state index is 0. The number of hydrogen-bond donors (Lipinski definition) is 0. The second-order valence-corrected chi connectivity index (χ2v) is 0. The van der Waals surface area contributed by atoms with Gasteiger partial charge < -0.3 is 0 Å². The molecule has 6 heteroatoms. The summed E-state index contributed by atoms with van der Waals surface area (Å²) < 4.78 is 0.